The lowest BCUT2D eigenvalue weighted by atomic mass is 9.96. The zero-order valence-electron chi connectivity index (χ0n) is 8.41. The minimum atomic E-state index is 0.177. The van der Waals surface area contributed by atoms with Gasteiger partial charge in [-0.1, -0.05) is 0 Å². The van der Waals surface area contributed by atoms with Crippen molar-refractivity contribution in [3.8, 4) is 0 Å². The first-order chi connectivity index (χ1) is 6.81. The number of carbonyl (C=O) groups is 1. The highest BCUT2D eigenvalue weighted by molar-refractivity contribution is 5.78. The fourth-order valence-corrected chi connectivity index (χ4v) is 2.37. The van der Waals surface area contributed by atoms with Crippen molar-refractivity contribution in [1.82, 2.24) is 10.2 Å². The van der Waals surface area contributed by atoms with E-state index in [1.165, 1.54) is 0 Å². The van der Waals surface area contributed by atoms with Crippen molar-refractivity contribution in [2.45, 2.75) is 31.8 Å². The van der Waals surface area contributed by atoms with Crippen molar-refractivity contribution in [2.75, 3.05) is 19.7 Å². The lowest BCUT2D eigenvalue weighted by molar-refractivity contribution is -0.131. The van der Waals surface area contributed by atoms with E-state index in [0.717, 1.165) is 32.4 Å². The molecule has 4 nitrogen and oxygen atoms in total. The molecule has 80 valence electrons. The van der Waals surface area contributed by atoms with Crippen LogP contribution in [0.4, 0.5) is 0 Å². The van der Waals surface area contributed by atoms with E-state index in [1.54, 1.807) is 0 Å². The van der Waals surface area contributed by atoms with Gasteiger partial charge in [0.2, 0.25) is 5.91 Å². The monoisotopic (exact) mass is 198 g/mol. The van der Waals surface area contributed by atoms with Gasteiger partial charge in [-0.25, -0.2) is 0 Å². The number of hydrogen-bond donors (Lipinski definition) is 2. The third-order valence-corrected chi connectivity index (χ3v) is 3.23. The molecule has 0 radical (unpaired) electrons. The van der Waals surface area contributed by atoms with Gasteiger partial charge in [-0.3, -0.25) is 10.1 Å². The standard InChI is InChI=1S/C10H18N2O2/c13-7-8-3-4-11-9(6-8)12-5-1-2-10(12)14/h8-9,11,13H,1-7H2. The zero-order valence-corrected chi connectivity index (χ0v) is 8.41. The summed E-state index contributed by atoms with van der Waals surface area (Å²) < 4.78 is 0. The quantitative estimate of drug-likeness (QED) is 0.653. The molecule has 0 spiro atoms. The summed E-state index contributed by atoms with van der Waals surface area (Å²) in [6.07, 6.45) is 3.79. The van der Waals surface area contributed by atoms with Gasteiger partial charge in [0, 0.05) is 19.6 Å². The molecule has 0 aliphatic carbocycles. The van der Waals surface area contributed by atoms with Crippen LogP contribution in [0.5, 0.6) is 0 Å². The number of aliphatic hydroxyl groups is 1. The van der Waals surface area contributed by atoms with Gasteiger partial charge in [-0.15, -0.1) is 0 Å². The molecule has 2 fully saturated rings. The van der Waals surface area contributed by atoms with Crippen LogP contribution in [-0.4, -0.2) is 41.8 Å². The molecule has 2 heterocycles. The Kier molecular flexibility index (Phi) is 3.03. The van der Waals surface area contributed by atoms with E-state index < -0.39 is 0 Å². The van der Waals surface area contributed by atoms with E-state index in [9.17, 15) is 4.79 Å². The molecule has 2 atom stereocenters. The topological polar surface area (TPSA) is 52.6 Å². The van der Waals surface area contributed by atoms with Crippen LogP contribution in [0.3, 0.4) is 0 Å². The Morgan fingerprint density at radius 2 is 2.43 bits per heavy atom. The van der Waals surface area contributed by atoms with Crippen LogP contribution < -0.4 is 5.32 Å². The molecule has 0 bridgehead atoms. The summed E-state index contributed by atoms with van der Waals surface area (Å²) in [5.74, 6) is 0.635. The smallest absolute Gasteiger partial charge is 0.223 e. The molecular formula is C10H18N2O2. The van der Waals surface area contributed by atoms with Gasteiger partial charge in [0.05, 0.1) is 6.17 Å². The van der Waals surface area contributed by atoms with Crippen LogP contribution in [-0.2, 0) is 4.79 Å². The Hall–Kier alpha value is -0.610. The highest BCUT2D eigenvalue weighted by Crippen LogP contribution is 2.21. The maximum Gasteiger partial charge on any atom is 0.223 e. The van der Waals surface area contributed by atoms with Crippen LogP contribution in [0.2, 0.25) is 0 Å². The largest absolute Gasteiger partial charge is 0.396 e. The fourth-order valence-electron chi connectivity index (χ4n) is 2.37. The van der Waals surface area contributed by atoms with E-state index in [4.69, 9.17) is 5.11 Å². The average molecular weight is 198 g/mol. The highest BCUT2D eigenvalue weighted by Gasteiger charge is 2.31. The summed E-state index contributed by atoms with van der Waals surface area (Å²) in [5.41, 5.74) is 0. The second-order valence-electron chi connectivity index (χ2n) is 4.23. The number of hydrogen-bond acceptors (Lipinski definition) is 3. The molecule has 14 heavy (non-hydrogen) atoms. The fraction of sp³-hybridized carbons (Fsp3) is 0.900. The maximum atomic E-state index is 11.5. The van der Waals surface area contributed by atoms with E-state index in [2.05, 4.69) is 5.32 Å². The van der Waals surface area contributed by atoms with Crippen molar-refractivity contribution >= 4 is 5.91 Å². The van der Waals surface area contributed by atoms with Crippen molar-refractivity contribution in [2.24, 2.45) is 5.92 Å². The van der Waals surface area contributed by atoms with Crippen molar-refractivity contribution in [3.63, 3.8) is 0 Å². The number of carbonyl (C=O) groups excluding carboxylic acids is 1. The molecule has 2 rings (SSSR count). The minimum absolute atomic E-state index is 0.177. The average Bonchev–Trinajstić information content (AvgIpc) is 2.65. The lowest BCUT2D eigenvalue weighted by Crippen LogP contribution is -2.51. The van der Waals surface area contributed by atoms with Gasteiger partial charge < -0.3 is 10.0 Å². The molecule has 0 aromatic carbocycles. The molecule has 4 heteroatoms. The summed E-state index contributed by atoms with van der Waals surface area (Å²) >= 11 is 0. The number of aliphatic hydroxyl groups excluding tert-OH is 1. The first-order valence-corrected chi connectivity index (χ1v) is 5.45. The molecule has 0 aromatic heterocycles. The van der Waals surface area contributed by atoms with E-state index in [1.807, 2.05) is 4.90 Å². The molecule has 2 unspecified atom stereocenters. The van der Waals surface area contributed by atoms with Crippen molar-refractivity contribution in [1.29, 1.82) is 0 Å². The normalized spacial score (nSPS) is 33.8. The van der Waals surface area contributed by atoms with Crippen molar-refractivity contribution < 1.29 is 9.90 Å². The van der Waals surface area contributed by atoms with Crippen LogP contribution in [0.25, 0.3) is 0 Å². The Labute approximate surface area is 84.3 Å². The molecule has 2 saturated heterocycles. The van der Waals surface area contributed by atoms with Gasteiger partial charge >= 0.3 is 0 Å². The molecular weight excluding hydrogens is 180 g/mol. The number of piperidine rings is 1. The second-order valence-corrected chi connectivity index (χ2v) is 4.23. The summed E-state index contributed by atoms with van der Waals surface area (Å²) in [6, 6.07) is 0. The SMILES string of the molecule is O=C1CCCN1C1CC(CO)CCN1. The second kappa shape index (κ2) is 4.28. The Morgan fingerprint density at radius 1 is 1.57 bits per heavy atom. The van der Waals surface area contributed by atoms with E-state index in [-0.39, 0.29) is 18.7 Å². The van der Waals surface area contributed by atoms with Crippen molar-refractivity contribution in [3.05, 3.63) is 0 Å². The summed E-state index contributed by atoms with van der Waals surface area (Å²) in [4.78, 5) is 13.4. The lowest BCUT2D eigenvalue weighted by Gasteiger charge is -2.35. The molecule has 1 amide bonds. The maximum absolute atomic E-state index is 11.5. The summed E-state index contributed by atoms with van der Waals surface area (Å²) in [6.45, 7) is 2.05. The summed E-state index contributed by atoms with van der Waals surface area (Å²) in [7, 11) is 0. The number of nitrogens with one attached hydrogen (secondary N) is 1. The van der Waals surface area contributed by atoms with Gasteiger partial charge in [-0.2, -0.15) is 0 Å². The van der Waals surface area contributed by atoms with Crippen LogP contribution in [0.1, 0.15) is 25.7 Å². The first kappa shape index (κ1) is 9.93. The van der Waals surface area contributed by atoms with E-state index in [0.29, 0.717) is 12.3 Å². The Bertz CT molecular complexity index is 220. The number of amides is 1. The van der Waals surface area contributed by atoms with E-state index >= 15 is 0 Å². The van der Waals surface area contributed by atoms with Crippen LogP contribution >= 0.6 is 0 Å². The molecule has 2 N–H and O–H groups in total. The molecule has 0 saturated carbocycles. The number of rotatable bonds is 2. The van der Waals surface area contributed by atoms with Gasteiger partial charge in [-0.05, 0) is 31.7 Å². The molecule has 0 aromatic rings. The summed E-state index contributed by atoms with van der Waals surface area (Å²) in [5, 5.41) is 12.4. The Morgan fingerprint density at radius 3 is 3.07 bits per heavy atom. The number of likely N-dealkylation sites (tertiary alicyclic amines) is 1. The van der Waals surface area contributed by atoms with Crippen LogP contribution in [0.15, 0.2) is 0 Å². The van der Waals surface area contributed by atoms with Gasteiger partial charge in [0.25, 0.3) is 0 Å². The van der Waals surface area contributed by atoms with Gasteiger partial charge in [0.1, 0.15) is 0 Å². The number of nitrogens with zero attached hydrogens (tertiary/aromatic N) is 1. The third-order valence-electron chi connectivity index (χ3n) is 3.23. The van der Waals surface area contributed by atoms with Gasteiger partial charge in [0.15, 0.2) is 0 Å². The predicted octanol–water partition coefficient (Wildman–Crippen LogP) is -0.0732. The first-order valence-electron chi connectivity index (χ1n) is 5.45. The predicted molar refractivity (Wildman–Crippen MR) is 52.5 cm³/mol. The third kappa shape index (κ3) is 1.91. The van der Waals surface area contributed by atoms with Crippen LogP contribution in [0, 0.1) is 5.92 Å². The minimum Gasteiger partial charge on any atom is -0.396 e. The zero-order chi connectivity index (χ0) is 9.97. The Balaban J connectivity index is 1.93. The molecule has 2 aliphatic rings. The highest BCUT2D eigenvalue weighted by atomic mass is 16.3. The molecule has 2 aliphatic heterocycles.